The van der Waals surface area contributed by atoms with Gasteiger partial charge in [-0.25, -0.2) is 0 Å². The number of benzene rings is 1. The van der Waals surface area contributed by atoms with Crippen LogP contribution in [0.5, 0.6) is 5.75 Å². The van der Waals surface area contributed by atoms with Crippen molar-refractivity contribution in [3.63, 3.8) is 0 Å². The minimum absolute atomic E-state index is 0.117. The molecule has 5 heteroatoms. The number of hydrogen-bond acceptors (Lipinski definition) is 4. The number of hydrogen-bond donors (Lipinski definition) is 0. The second kappa shape index (κ2) is 6.37. The minimum Gasteiger partial charge on any atom is -0.480 e. The molecule has 0 spiro atoms. The number of fused-ring (bicyclic) bond motifs is 1. The van der Waals surface area contributed by atoms with Crippen LogP contribution in [-0.2, 0) is 9.53 Å². The topological polar surface area (TPSA) is 42.0 Å². The van der Waals surface area contributed by atoms with E-state index in [2.05, 4.69) is 24.8 Å². The highest BCUT2D eigenvalue weighted by atomic mass is 16.5. The fourth-order valence-corrected chi connectivity index (χ4v) is 4.32. The van der Waals surface area contributed by atoms with Crippen LogP contribution in [0.25, 0.3) is 0 Å². The van der Waals surface area contributed by atoms with E-state index in [1.165, 1.54) is 0 Å². The number of morpholine rings is 1. The van der Waals surface area contributed by atoms with Gasteiger partial charge in [0.25, 0.3) is 5.91 Å². The second-order valence-electron chi connectivity index (χ2n) is 7.30. The molecule has 0 aliphatic carbocycles. The molecule has 1 aromatic carbocycles. The Morgan fingerprint density at radius 3 is 2.62 bits per heavy atom. The molecular formula is C19H26N2O3. The summed E-state index contributed by atoms with van der Waals surface area (Å²) in [5.41, 5.74) is 1.15. The summed E-state index contributed by atoms with van der Waals surface area (Å²) in [6.07, 6.45) is -0.377. The fourth-order valence-electron chi connectivity index (χ4n) is 4.32. The molecule has 24 heavy (non-hydrogen) atoms. The molecular weight excluding hydrogens is 304 g/mol. The first-order valence-corrected chi connectivity index (χ1v) is 9.01. The molecule has 3 aliphatic rings. The van der Waals surface area contributed by atoms with Crippen molar-refractivity contribution in [2.24, 2.45) is 5.92 Å². The molecule has 2 saturated heterocycles. The number of carbonyl (C=O) groups excluding carboxylic acids is 1. The summed E-state index contributed by atoms with van der Waals surface area (Å²) in [5, 5.41) is 0. The van der Waals surface area contributed by atoms with Crippen LogP contribution in [0.15, 0.2) is 24.3 Å². The van der Waals surface area contributed by atoms with Crippen LogP contribution in [0.1, 0.15) is 25.3 Å². The summed E-state index contributed by atoms with van der Waals surface area (Å²) in [6.45, 7) is 9.52. The van der Waals surface area contributed by atoms with Gasteiger partial charge in [0, 0.05) is 43.7 Å². The van der Waals surface area contributed by atoms with Gasteiger partial charge in [-0.2, -0.15) is 0 Å². The summed E-state index contributed by atoms with van der Waals surface area (Å²) >= 11 is 0. The zero-order valence-corrected chi connectivity index (χ0v) is 14.5. The summed E-state index contributed by atoms with van der Waals surface area (Å²) < 4.78 is 11.4. The lowest BCUT2D eigenvalue weighted by atomic mass is 9.97. The Kier molecular flexibility index (Phi) is 4.22. The van der Waals surface area contributed by atoms with Gasteiger partial charge in [-0.05, 0) is 12.0 Å². The minimum atomic E-state index is -0.377. The van der Waals surface area contributed by atoms with Gasteiger partial charge in [-0.1, -0.05) is 32.0 Å². The Hall–Kier alpha value is -1.59. The standard InChI is InChI=1S/C19H26N2O3/c1-13-11-21(12-16(13)20-7-9-23-10-8-20)19(22)18-14(2)15-5-3-4-6-17(15)24-18/h3-6,13-14,16,18H,7-12H2,1-2H3/t13-,14+,16+,18-/m1/s1. The fraction of sp³-hybridized carbons (Fsp3) is 0.632. The van der Waals surface area contributed by atoms with E-state index in [9.17, 15) is 4.79 Å². The SMILES string of the molecule is C[C@@H]1CN(C(=O)[C@@H]2Oc3ccccc3[C@@H]2C)C[C@@H]1N1CCOCC1. The first-order valence-electron chi connectivity index (χ1n) is 9.01. The molecule has 0 unspecified atom stereocenters. The zero-order chi connectivity index (χ0) is 16.7. The quantitative estimate of drug-likeness (QED) is 0.828. The van der Waals surface area contributed by atoms with Crippen molar-refractivity contribution in [1.82, 2.24) is 9.80 Å². The highest BCUT2D eigenvalue weighted by molar-refractivity contribution is 5.84. The highest BCUT2D eigenvalue weighted by Gasteiger charge is 2.43. The zero-order valence-electron chi connectivity index (χ0n) is 14.5. The molecule has 1 aromatic rings. The number of para-hydroxylation sites is 1. The average molecular weight is 330 g/mol. The van der Waals surface area contributed by atoms with Crippen molar-refractivity contribution in [2.45, 2.75) is 31.9 Å². The predicted octanol–water partition coefficient (Wildman–Crippen LogP) is 1.73. The van der Waals surface area contributed by atoms with Crippen LogP contribution in [0, 0.1) is 5.92 Å². The number of ether oxygens (including phenoxy) is 2. The number of nitrogens with zero attached hydrogens (tertiary/aromatic N) is 2. The van der Waals surface area contributed by atoms with Crippen LogP contribution in [0.4, 0.5) is 0 Å². The van der Waals surface area contributed by atoms with Crippen molar-refractivity contribution in [3.05, 3.63) is 29.8 Å². The third-order valence-corrected chi connectivity index (χ3v) is 5.76. The largest absolute Gasteiger partial charge is 0.480 e. The Morgan fingerprint density at radius 2 is 1.88 bits per heavy atom. The van der Waals surface area contributed by atoms with Gasteiger partial charge in [-0.15, -0.1) is 0 Å². The van der Waals surface area contributed by atoms with E-state index >= 15 is 0 Å². The summed E-state index contributed by atoms with van der Waals surface area (Å²) in [6, 6.07) is 8.44. The summed E-state index contributed by atoms with van der Waals surface area (Å²) in [5.74, 6) is 1.61. The van der Waals surface area contributed by atoms with Gasteiger partial charge >= 0.3 is 0 Å². The Morgan fingerprint density at radius 1 is 1.12 bits per heavy atom. The van der Waals surface area contributed by atoms with Gasteiger partial charge in [0.05, 0.1) is 13.2 Å². The van der Waals surface area contributed by atoms with Gasteiger partial charge < -0.3 is 14.4 Å². The van der Waals surface area contributed by atoms with Gasteiger partial charge in [0.15, 0.2) is 6.10 Å². The Bertz CT molecular complexity index is 614. The molecule has 4 rings (SSSR count). The van der Waals surface area contributed by atoms with E-state index < -0.39 is 0 Å². The molecule has 0 aromatic heterocycles. The lowest BCUT2D eigenvalue weighted by molar-refractivity contribution is -0.137. The van der Waals surface area contributed by atoms with Crippen molar-refractivity contribution < 1.29 is 14.3 Å². The van der Waals surface area contributed by atoms with Crippen LogP contribution in [0.3, 0.4) is 0 Å². The normalized spacial score (nSPS) is 33.3. The van der Waals surface area contributed by atoms with Crippen molar-refractivity contribution in [2.75, 3.05) is 39.4 Å². The Labute approximate surface area is 143 Å². The maximum atomic E-state index is 13.1. The number of amides is 1. The van der Waals surface area contributed by atoms with Crippen molar-refractivity contribution >= 4 is 5.91 Å². The molecule has 1 amide bonds. The maximum Gasteiger partial charge on any atom is 0.264 e. The van der Waals surface area contributed by atoms with E-state index in [0.717, 1.165) is 50.7 Å². The molecule has 130 valence electrons. The molecule has 0 N–H and O–H groups in total. The molecule has 0 radical (unpaired) electrons. The summed E-state index contributed by atoms with van der Waals surface area (Å²) in [7, 11) is 0. The molecule has 3 aliphatic heterocycles. The van der Waals surface area contributed by atoms with Crippen LogP contribution in [-0.4, -0.2) is 67.2 Å². The van der Waals surface area contributed by atoms with E-state index in [4.69, 9.17) is 9.47 Å². The van der Waals surface area contributed by atoms with E-state index in [1.807, 2.05) is 23.1 Å². The second-order valence-corrected chi connectivity index (χ2v) is 7.30. The molecule has 3 heterocycles. The number of rotatable bonds is 2. The third kappa shape index (κ3) is 2.70. The first-order chi connectivity index (χ1) is 11.6. The predicted molar refractivity (Wildman–Crippen MR) is 91.2 cm³/mol. The van der Waals surface area contributed by atoms with E-state index in [-0.39, 0.29) is 17.9 Å². The maximum absolute atomic E-state index is 13.1. The first kappa shape index (κ1) is 15.9. The monoisotopic (exact) mass is 330 g/mol. The van der Waals surface area contributed by atoms with Crippen molar-refractivity contribution in [3.8, 4) is 5.75 Å². The molecule has 4 atom stereocenters. The molecule has 0 saturated carbocycles. The van der Waals surface area contributed by atoms with Gasteiger partial charge in [0.1, 0.15) is 5.75 Å². The molecule has 2 fully saturated rings. The lowest BCUT2D eigenvalue weighted by Gasteiger charge is -2.34. The lowest BCUT2D eigenvalue weighted by Crippen LogP contribution is -2.48. The van der Waals surface area contributed by atoms with Crippen LogP contribution >= 0.6 is 0 Å². The Balaban J connectivity index is 1.44. The summed E-state index contributed by atoms with van der Waals surface area (Å²) in [4.78, 5) is 17.6. The third-order valence-electron chi connectivity index (χ3n) is 5.76. The van der Waals surface area contributed by atoms with Gasteiger partial charge in [-0.3, -0.25) is 9.69 Å². The smallest absolute Gasteiger partial charge is 0.264 e. The van der Waals surface area contributed by atoms with E-state index in [1.54, 1.807) is 0 Å². The average Bonchev–Trinajstić information content (AvgIpc) is 3.16. The van der Waals surface area contributed by atoms with Crippen LogP contribution < -0.4 is 4.74 Å². The van der Waals surface area contributed by atoms with E-state index in [0.29, 0.717) is 12.0 Å². The number of carbonyl (C=O) groups is 1. The van der Waals surface area contributed by atoms with Crippen molar-refractivity contribution in [1.29, 1.82) is 0 Å². The molecule has 0 bridgehead atoms. The van der Waals surface area contributed by atoms with Gasteiger partial charge in [0.2, 0.25) is 0 Å². The molecule has 5 nitrogen and oxygen atoms in total. The number of likely N-dealkylation sites (tertiary alicyclic amines) is 1. The van der Waals surface area contributed by atoms with Crippen LogP contribution in [0.2, 0.25) is 0 Å². The highest BCUT2D eigenvalue weighted by Crippen LogP contribution is 2.39.